The Morgan fingerprint density at radius 1 is 1.13 bits per heavy atom. The number of aromatic nitrogens is 5. The zero-order valence-electron chi connectivity index (χ0n) is 25.1. The molecule has 4 heterocycles. The number of hydrogen-bond donors (Lipinski definition) is 1. The molecular formula is C33H34ClFN6O4. The summed E-state index contributed by atoms with van der Waals surface area (Å²) in [4.78, 5) is 27.9. The van der Waals surface area contributed by atoms with Crippen LogP contribution in [0.3, 0.4) is 0 Å². The summed E-state index contributed by atoms with van der Waals surface area (Å²) in [5.74, 6) is 0.199. The first-order chi connectivity index (χ1) is 21.8. The third-order valence-electron chi connectivity index (χ3n) is 8.13. The van der Waals surface area contributed by atoms with Crippen molar-refractivity contribution in [2.75, 3.05) is 13.1 Å². The Hall–Kier alpha value is -4.48. The minimum absolute atomic E-state index is 0.0329. The predicted octanol–water partition coefficient (Wildman–Crippen LogP) is 6.06. The summed E-state index contributed by atoms with van der Waals surface area (Å²) in [6, 6.07) is 14.8. The molecule has 3 aromatic heterocycles. The molecule has 2 unspecified atom stereocenters. The van der Waals surface area contributed by atoms with Gasteiger partial charge in [0.15, 0.2) is 11.6 Å². The van der Waals surface area contributed by atoms with Crippen LogP contribution in [0.25, 0.3) is 11.0 Å². The summed E-state index contributed by atoms with van der Waals surface area (Å²) >= 11 is 5.83. The number of benzene rings is 2. The quantitative estimate of drug-likeness (QED) is 0.187. The number of halogens is 2. The highest BCUT2D eigenvalue weighted by Crippen LogP contribution is 2.27. The van der Waals surface area contributed by atoms with Gasteiger partial charge in [-0.2, -0.15) is 0 Å². The Bertz CT molecular complexity index is 1820. The third kappa shape index (κ3) is 6.94. The SMILES string of the molecule is CCn1cncc1Cn1c(CN2CCC(Oc3cccc(COc4ccc(Cl)cc4F)n3)C(C)C2)nc2ccc(C(=O)O)cc21. The van der Waals surface area contributed by atoms with Crippen molar-refractivity contribution < 1.29 is 23.8 Å². The summed E-state index contributed by atoms with van der Waals surface area (Å²) in [6.07, 6.45) is 4.41. The number of imidazole rings is 2. The number of fused-ring (bicyclic) bond motifs is 1. The average molecular weight is 633 g/mol. The fourth-order valence-corrected chi connectivity index (χ4v) is 5.92. The summed E-state index contributed by atoms with van der Waals surface area (Å²) in [5, 5.41) is 9.92. The van der Waals surface area contributed by atoms with Crippen molar-refractivity contribution in [1.82, 2.24) is 29.0 Å². The lowest BCUT2D eigenvalue weighted by atomic mass is 9.96. The molecule has 0 radical (unpaired) electrons. The van der Waals surface area contributed by atoms with Crippen LogP contribution in [0.15, 0.2) is 67.1 Å². The number of carboxylic acid groups (broad SMARTS) is 1. The van der Waals surface area contributed by atoms with Gasteiger partial charge in [-0.15, -0.1) is 0 Å². The number of hydrogen-bond acceptors (Lipinski definition) is 7. The van der Waals surface area contributed by atoms with E-state index in [0.717, 1.165) is 48.6 Å². The molecule has 1 aliphatic rings. The van der Waals surface area contributed by atoms with E-state index in [0.29, 0.717) is 29.7 Å². The van der Waals surface area contributed by atoms with E-state index in [2.05, 4.69) is 37.8 Å². The molecule has 2 aromatic carbocycles. The highest BCUT2D eigenvalue weighted by molar-refractivity contribution is 6.30. The van der Waals surface area contributed by atoms with E-state index in [4.69, 9.17) is 26.1 Å². The van der Waals surface area contributed by atoms with Crippen LogP contribution in [0.1, 0.15) is 47.8 Å². The number of ether oxygens (including phenoxy) is 2. The Morgan fingerprint density at radius 3 is 2.78 bits per heavy atom. The average Bonchev–Trinajstić information content (AvgIpc) is 3.62. The lowest BCUT2D eigenvalue weighted by molar-refractivity contribution is 0.0444. The maximum absolute atomic E-state index is 14.1. The van der Waals surface area contributed by atoms with E-state index >= 15 is 0 Å². The Balaban J connectivity index is 1.13. The van der Waals surface area contributed by atoms with E-state index in [-0.39, 0.29) is 29.9 Å². The van der Waals surface area contributed by atoms with Crippen molar-refractivity contribution in [3.05, 3.63) is 101 Å². The molecule has 1 aliphatic heterocycles. The first-order valence-corrected chi connectivity index (χ1v) is 15.3. The van der Waals surface area contributed by atoms with Crippen LogP contribution >= 0.6 is 11.6 Å². The smallest absolute Gasteiger partial charge is 0.335 e. The van der Waals surface area contributed by atoms with Gasteiger partial charge in [0.05, 0.1) is 47.4 Å². The molecule has 10 nitrogen and oxygen atoms in total. The molecule has 0 bridgehead atoms. The summed E-state index contributed by atoms with van der Waals surface area (Å²) in [7, 11) is 0. The monoisotopic (exact) mass is 632 g/mol. The fourth-order valence-electron chi connectivity index (χ4n) is 5.76. The highest BCUT2D eigenvalue weighted by atomic mass is 35.5. The normalized spacial score (nSPS) is 17.1. The molecule has 5 aromatic rings. The molecule has 0 saturated carbocycles. The minimum Gasteiger partial charge on any atom is -0.484 e. The van der Waals surface area contributed by atoms with Gasteiger partial charge in [0.1, 0.15) is 18.5 Å². The van der Waals surface area contributed by atoms with Crippen LogP contribution in [0.5, 0.6) is 11.6 Å². The van der Waals surface area contributed by atoms with Gasteiger partial charge in [-0.3, -0.25) is 4.90 Å². The number of piperidine rings is 1. The molecule has 1 N–H and O–H groups in total. The standard InChI is InChI=1S/C33H34ClFN6O4/c1-3-40-20-36-15-25(40)17-41-28-13-22(33(42)43)7-9-27(28)38-31(41)18-39-12-11-29(21(2)16-39)45-32-6-4-5-24(37-32)19-44-30-10-8-23(34)14-26(30)35/h4-10,13-15,20-21,29H,3,11-12,16-19H2,1-2H3,(H,42,43). The highest BCUT2D eigenvalue weighted by Gasteiger charge is 2.29. The van der Waals surface area contributed by atoms with Crippen LogP contribution < -0.4 is 9.47 Å². The second kappa shape index (κ2) is 13.3. The van der Waals surface area contributed by atoms with Gasteiger partial charge < -0.3 is 23.7 Å². The van der Waals surface area contributed by atoms with E-state index in [1.807, 2.05) is 24.4 Å². The molecule has 2 atom stereocenters. The van der Waals surface area contributed by atoms with Gasteiger partial charge in [0.2, 0.25) is 5.88 Å². The van der Waals surface area contributed by atoms with Gasteiger partial charge in [-0.1, -0.05) is 24.6 Å². The largest absolute Gasteiger partial charge is 0.484 e. The van der Waals surface area contributed by atoms with Crippen molar-refractivity contribution in [1.29, 1.82) is 0 Å². The third-order valence-corrected chi connectivity index (χ3v) is 8.37. The molecule has 1 saturated heterocycles. The van der Waals surface area contributed by atoms with Crippen LogP contribution in [-0.2, 0) is 26.2 Å². The Kier molecular flexibility index (Phi) is 8.99. The van der Waals surface area contributed by atoms with E-state index < -0.39 is 11.8 Å². The van der Waals surface area contributed by atoms with Gasteiger partial charge in [-0.05, 0) is 55.8 Å². The second-order valence-electron chi connectivity index (χ2n) is 11.3. The van der Waals surface area contributed by atoms with Gasteiger partial charge in [0, 0.05) is 42.8 Å². The van der Waals surface area contributed by atoms with Crippen molar-refractivity contribution in [3.63, 3.8) is 0 Å². The maximum atomic E-state index is 14.1. The van der Waals surface area contributed by atoms with Crippen molar-refractivity contribution in [2.45, 2.75) is 52.6 Å². The minimum atomic E-state index is -0.969. The fraction of sp³-hybridized carbons (Fsp3) is 0.333. The van der Waals surface area contributed by atoms with E-state index in [1.165, 1.54) is 12.1 Å². The molecule has 6 rings (SSSR count). The molecule has 0 aliphatic carbocycles. The number of aromatic carboxylic acids is 1. The summed E-state index contributed by atoms with van der Waals surface area (Å²) in [6.45, 7) is 7.84. The molecule has 234 valence electrons. The van der Waals surface area contributed by atoms with Crippen molar-refractivity contribution in [2.24, 2.45) is 5.92 Å². The van der Waals surface area contributed by atoms with Crippen LogP contribution in [0.2, 0.25) is 5.02 Å². The van der Waals surface area contributed by atoms with Crippen molar-refractivity contribution >= 4 is 28.6 Å². The topological polar surface area (TPSA) is 108 Å². The molecule has 0 amide bonds. The zero-order valence-corrected chi connectivity index (χ0v) is 25.8. The molecule has 1 fully saturated rings. The summed E-state index contributed by atoms with van der Waals surface area (Å²) in [5.41, 5.74) is 3.43. The van der Waals surface area contributed by atoms with Gasteiger partial charge >= 0.3 is 5.97 Å². The molecule has 0 spiro atoms. The molecular weight excluding hydrogens is 599 g/mol. The summed E-state index contributed by atoms with van der Waals surface area (Å²) < 4.78 is 30.2. The number of rotatable bonds is 11. The van der Waals surface area contributed by atoms with Crippen LogP contribution in [0, 0.1) is 11.7 Å². The predicted molar refractivity (Wildman–Crippen MR) is 167 cm³/mol. The molecule has 12 heteroatoms. The van der Waals surface area contributed by atoms with Gasteiger partial charge in [-0.25, -0.2) is 24.1 Å². The lowest BCUT2D eigenvalue weighted by Gasteiger charge is -2.36. The van der Waals surface area contributed by atoms with Crippen LogP contribution in [-0.4, -0.2) is 59.3 Å². The second-order valence-corrected chi connectivity index (χ2v) is 11.7. The number of pyridine rings is 1. The number of nitrogens with zero attached hydrogens (tertiary/aromatic N) is 6. The number of carbonyl (C=O) groups is 1. The Labute approximate surface area is 265 Å². The van der Waals surface area contributed by atoms with E-state index in [1.54, 1.807) is 30.6 Å². The first kappa shape index (κ1) is 30.5. The Morgan fingerprint density at radius 2 is 2.00 bits per heavy atom. The number of likely N-dealkylation sites (tertiary alicyclic amines) is 1. The number of aryl methyl sites for hydroxylation is 1. The van der Waals surface area contributed by atoms with E-state index in [9.17, 15) is 14.3 Å². The first-order valence-electron chi connectivity index (χ1n) is 14.9. The number of carboxylic acids is 1. The lowest BCUT2D eigenvalue weighted by Crippen LogP contribution is -2.44. The van der Waals surface area contributed by atoms with Gasteiger partial charge in [0.25, 0.3) is 0 Å². The van der Waals surface area contributed by atoms with Crippen molar-refractivity contribution in [3.8, 4) is 11.6 Å². The molecule has 45 heavy (non-hydrogen) atoms. The van der Waals surface area contributed by atoms with Crippen LogP contribution in [0.4, 0.5) is 4.39 Å². The maximum Gasteiger partial charge on any atom is 0.335 e. The zero-order chi connectivity index (χ0) is 31.5.